The summed E-state index contributed by atoms with van der Waals surface area (Å²) in [5.74, 6) is 1.93. The predicted molar refractivity (Wildman–Crippen MR) is 117 cm³/mol. The van der Waals surface area contributed by atoms with Crippen LogP contribution in [0.2, 0.25) is 0 Å². The summed E-state index contributed by atoms with van der Waals surface area (Å²) in [7, 11) is -1.35. The number of fused-ring (bicyclic) bond motifs is 2. The number of hydrogen-bond acceptors (Lipinski definition) is 7. The Labute approximate surface area is 173 Å². The summed E-state index contributed by atoms with van der Waals surface area (Å²) in [6.07, 6.45) is 0. The highest BCUT2D eigenvalue weighted by molar-refractivity contribution is 8.15. The van der Waals surface area contributed by atoms with E-state index in [4.69, 9.17) is 14.7 Å². The Morgan fingerprint density at radius 1 is 1.17 bits per heavy atom. The molecule has 3 heterocycles. The van der Waals surface area contributed by atoms with Crippen LogP contribution in [0.3, 0.4) is 0 Å². The molecule has 2 aliphatic heterocycles. The molecule has 0 spiro atoms. The van der Waals surface area contributed by atoms with Crippen LogP contribution >= 0.6 is 11.8 Å². The van der Waals surface area contributed by atoms with E-state index in [0.717, 1.165) is 33.5 Å². The molecule has 2 aromatic carbocycles. The third-order valence-electron chi connectivity index (χ3n) is 5.17. The third kappa shape index (κ3) is 3.60. The molecule has 0 unspecified atom stereocenters. The van der Waals surface area contributed by atoms with Gasteiger partial charge >= 0.3 is 0 Å². The second-order valence-corrected chi connectivity index (χ2v) is 10.6. The van der Waals surface area contributed by atoms with E-state index in [9.17, 15) is 8.42 Å². The van der Waals surface area contributed by atoms with Crippen molar-refractivity contribution in [2.24, 2.45) is 4.99 Å². The molecule has 5 rings (SSSR count). The Bertz CT molecular complexity index is 1150. The zero-order chi connectivity index (χ0) is 20.0. The number of H-pyrrole nitrogens is 1. The summed E-state index contributed by atoms with van der Waals surface area (Å²) in [6, 6.07) is 15.5. The van der Waals surface area contributed by atoms with Crippen LogP contribution in [-0.2, 0) is 16.4 Å². The number of nitrogens with one attached hydrogen (secondary N) is 1. The number of benzene rings is 2. The predicted octanol–water partition coefficient (Wildman–Crippen LogP) is 2.85. The Kier molecular flexibility index (Phi) is 4.51. The first-order valence-electron chi connectivity index (χ1n) is 9.31. The summed E-state index contributed by atoms with van der Waals surface area (Å²) >= 11 is 1.55. The molecule has 9 heteroatoms. The molecule has 0 bridgehead atoms. The van der Waals surface area contributed by atoms with Gasteiger partial charge in [-0.05, 0) is 36.4 Å². The highest BCUT2D eigenvalue weighted by Crippen LogP contribution is 2.37. The number of aromatic amines is 1. The van der Waals surface area contributed by atoms with E-state index in [1.54, 1.807) is 18.9 Å². The average Bonchev–Trinajstić information content (AvgIpc) is 3.36. The number of sulfone groups is 1. The van der Waals surface area contributed by atoms with Crippen LogP contribution in [0.25, 0.3) is 11.0 Å². The molecule has 0 radical (unpaired) electrons. The van der Waals surface area contributed by atoms with Gasteiger partial charge in [0.1, 0.15) is 11.6 Å². The number of methoxy groups -OCH3 is 1. The molecular weight excluding hydrogens is 408 g/mol. The standard InChI is InChI=1S/C20H20N4O3S2/c1-27-14-8-6-13(7-9-14)24(10-19-21-15-4-2-3-5-16(15)22-19)20-23-17-11-29(25,26)12-18(17)28-20/h2-9,17-18H,10-12H2,1H3,(H,21,22)/t17-,18+/m1/s1. The van der Waals surface area contributed by atoms with Gasteiger partial charge in [0.05, 0.1) is 42.2 Å². The Balaban J connectivity index is 1.49. The van der Waals surface area contributed by atoms with Gasteiger partial charge in [-0.3, -0.25) is 4.99 Å². The molecule has 150 valence electrons. The first kappa shape index (κ1) is 18.5. The van der Waals surface area contributed by atoms with Crippen molar-refractivity contribution in [1.29, 1.82) is 0 Å². The zero-order valence-corrected chi connectivity index (χ0v) is 17.4. The Morgan fingerprint density at radius 3 is 2.69 bits per heavy atom. The molecule has 0 aliphatic carbocycles. The van der Waals surface area contributed by atoms with Crippen molar-refractivity contribution in [2.45, 2.75) is 17.8 Å². The second-order valence-electron chi connectivity index (χ2n) is 7.20. The van der Waals surface area contributed by atoms with Crippen molar-refractivity contribution < 1.29 is 13.2 Å². The van der Waals surface area contributed by atoms with Gasteiger partial charge in [0.2, 0.25) is 0 Å². The number of aliphatic imine (C=N–C) groups is 1. The zero-order valence-electron chi connectivity index (χ0n) is 15.8. The highest BCUT2D eigenvalue weighted by Gasteiger charge is 2.44. The van der Waals surface area contributed by atoms with Gasteiger partial charge in [-0.2, -0.15) is 0 Å². The monoisotopic (exact) mass is 428 g/mol. The van der Waals surface area contributed by atoms with Gasteiger partial charge < -0.3 is 14.6 Å². The minimum atomic E-state index is -2.99. The molecule has 7 nitrogen and oxygen atoms in total. The normalized spacial score (nSPS) is 22.4. The smallest absolute Gasteiger partial charge is 0.164 e. The van der Waals surface area contributed by atoms with Crippen molar-refractivity contribution >= 4 is 43.5 Å². The summed E-state index contributed by atoms with van der Waals surface area (Å²) < 4.78 is 29.1. The molecule has 2 aliphatic rings. The molecule has 3 aromatic rings. The topological polar surface area (TPSA) is 87.7 Å². The SMILES string of the molecule is COc1ccc(N(Cc2nc3ccccc3[nH]2)C2=N[C@@H]3CS(=O)(=O)C[C@@H]3S2)cc1. The van der Waals surface area contributed by atoms with Crippen LogP contribution in [0.4, 0.5) is 5.69 Å². The molecule has 1 saturated heterocycles. The number of hydrogen-bond donors (Lipinski definition) is 1. The first-order chi connectivity index (χ1) is 14.0. The molecule has 1 N–H and O–H groups in total. The van der Waals surface area contributed by atoms with Gasteiger partial charge in [0.15, 0.2) is 15.0 Å². The maximum atomic E-state index is 11.9. The van der Waals surface area contributed by atoms with Gasteiger partial charge in [-0.25, -0.2) is 13.4 Å². The first-order valence-corrected chi connectivity index (χ1v) is 12.0. The van der Waals surface area contributed by atoms with Crippen molar-refractivity contribution in [1.82, 2.24) is 9.97 Å². The summed E-state index contributed by atoms with van der Waals surface area (Å²) in [6.45, 7) is 0.513. The number of rotatable bonds is 4. The van der Waals surface area contributed by atoms with E-state index in [1.807, 2.05) is 48.5 Å². The van der Waals surface area contributed by atoms with Crippen molar-refractivity contribution in [3.63, 3.8) is 0 Å². The number of para-hydroxylation sites is 2. The number of imidazole rings is 1. The Morgan fingerprint density at radius 2 is 1.97 bits per heavy atom. The van der Waals surface area contributed by atoms with Crippen LogP contribution in [0.1, 0.15) is 5.82 Å². The van der Waals surface area contributed by atoms with Gasteiger partial charge in [-0.1, -0.05) is 23.9 Å². The van der Waals surface area contributed by atoms with E-state index in [-0.39, 0.29) is 22.8 Å². The number of aromatic nitrogens is 2. The lowest BCUT2D eigenvalue weighted by Gasteiger charge is -2.24. The van der Waals surface area contributed by atoms with Crippen molar-refractivity contribution in [3.05, 3.63) is 54.4 Å². The van der Waals surface area contributed by atoms with Crippen molar-refractivity contribution in [2.75, 3.05) is 23.5 Å². The van der Waals surface area contributed by atoms with Crippen LogP contribution < -0.4 is 9.64 Å². The van der Waals surface area contributed by atoms with E-state index < -0.39 is 9.84 Å². The fourth-order valence-electron chi connectivity index (χ4n) is 3.73. The lowest BCUT2D eigenvalue weighted by atomic mass is 10.2. The lowest BCUT2D eigenvalue weighted by molar-refractivity contribution is 0.415. The number of anilines is 1. The fraction of sp³-hybridized carbons (Fsp3) is 0.300. The minimum Gasteiger partial charge on any atom is -0.497 e. The second kappa shape index (κ2) is 7.07. The summed E-state index contributed by atoms with van der Waals surface area (Å²) in [5.41, 5.74) is 2.86. The largest absolute Gasteiger partial charge is 0.497 e. The van der Waals surface area contributed by atoms with E-state index in [1.165, 1.54) is 0 Å². The molecule has 2 atom stereocenters. The average molecular weight is 429 g/mol. The van der Waals surface area contributed by atoms with E-state index in [0.29, 0.717) is 6.54 Å². The molecule has 0 saturated carbocycles. The number of thioether (sulfide) groups is 1. The van der Waals surface area contributed by atoms with Gasteiger partial charge in [-0.15, -0.1) is 0 Å². The summed E-state index contributed by atoms with van der Waals surface area (Å²) in [4.78, 5) is 14.9. The highest BCUT2D eigenvalue weighted by atomic mass is 32.2. The molecule has 29 heavy (non-hydrogen) atoms. The van der Waals surface area contributed by atoms with Crippen LogP contribution in [0.5, 0.6) is 5.75 Å². The van der Waals surface area contributed by atoms with Crippen LogP contribution in [0.15, 0.2) is 53.5 Å². The van der Waals surface area contributed by atoms with Crippen LogP contribution in [0, 0.1) is 0 Å². The molecular formula is C20H20N4O3S2. The number of nitrogens with zero attached hydrogens (tertiary/aromatic N) is 3. The lowest BCUT2D eigenvalue weighted by Crippen LogP contribution is -2.28. The molecule has 0 amide bonds. The van der Waals surface area contributed by atoms with Crippen molar-refractivity contribution in [3.8, 4) is 5.75 Å². The summed E-state index contributed by atoms with van der Waals surface area (Å²) in [5, 5.41) is 0.826. The maximum Gasteiger partial charge on any atom is 0.164 e. The molecule has 1 aromatic heterocycles. The number of amidine groups is 1. The molecule has 1 fully saturated rings. The van der Waals surface area contributed by atoms with E-state index >= 15 is 0 Å². The van der Waals surface area contributed by atoms with Gasteiger partial charge in [0.25, 0.3) is 0 Å². The maximum absolute atomic E-state index is 11.9. The van der Waals surface area contributed by atoms with E-state index in [2.05, 4.69) is 9.88 Å². The fourth-order valence-corrected chi connectivity index (χ4v) is 7.51. The Hall–Kier alpha value is -2.52. The van der Waals surface area contributed by atoms with Crippen LogP contribution in [-0.4, -0.2) is 53.5 Å². The van der Waals surface area contributed by atoms with Gasteiger partial charge in [0, 0.05) is 10.9 Å². The minimum absolute atomic E-state index is 0.00794. The third-order valence-corrected chi connectivity index (χ3v) is 8.41. The number of ether oxygens (including phenoxy) is 1. The quantitative estimate of drug-likeness (QED) is 0.688.